The van der Waals surface area contributed by atoms with Crippen LogP contribution in [0, 0.1) is 0 Å². The van der Waals surface area contributed by atoms with E-state index in [1.165, 1.54) is 17.4 Å². The first-order valence-electron chi connectivity index (χ1n) is 3.87. The molecule has 0 bridgehead atoms. The SMILES string of the molecule is O=c1cc(-c2nnc(CCl)s2)cc[nH]1. The van der Waals surface area contributed by atoms with E-state index in [9.17, 15) is 4.79 Å². The molecule has 0 aliphatic heterocycles. The molecule has 0 aromatic carbocycles. The largest absolute Gasteiger partial charge is 0.329 e. The summed E-state index contributed by atoms with van der Waals surface area (Å²) >= 11 is 6.99. The average molecular weight is 228 g/mol. The van der Waals surface area contributed by atoms with Gasteiger partial charge in [-0.15, -0.1) is 21.8 Å². The highest BCUT2D eigenvalue weighted by Gasteiger charge is 2.05. The van der Waals surface area contributed by atoms with Crippen molar-refractivity contribution >= 4 is 22.9 Å². The van der Waals surface area contributed by atoms with E-state index in [4.69, 9.17) is 11.6 Å². The van der Waals surface area contributed by atoms with Crippen LogP contribution in [-0.2, 0) is 5.88 Å². The number of hydrogen-bond donors (Lipinski definition) is 1. The summed E-state index contributed by atoms with van der Waals surface area (Å²) in [5, 5.41) is 9.26. The van der Waals surface area contributed by atoms with E-state index >= 15 is 0 Å². The highest BCUT2D eigenvalue weighted by Crippen LogP contribution is 2.22. The fourth-order valence-electron chi connectivity index (χ4n) is 1.00. The van der Waals surface area contributed by atoms with Crippen molar-refractivity contribution in [3.05, 3.63) is 33.7 Å². The van der Waals surface area contributed by atoms with Crippen LogP contribution in [0.25, 0.3) is 10.6 Å². The van der Waals surface area contributed by atoms with Crippen molar-refractivity contribution in [1.29, 1.82) is 0 Å². The molecule has 0 aliphatic rings. The van der Waals surface area contributed by atoms with Crippen molar-refractivity contribution in [2.75, 3.05) is 0 Å². The number of rotatable bonds is 2. The van der Waals surface area contributed by atoms with Gasteiger partial charge in [0.1, 0.15) is 10.0 Å². The van der Waals surface area contributed by atoms with Gasteiger partial charge in [-0.1, -0.05) is 11.3 Å². The van der Waals surface area contributed by atoms with Gasteiger partial charge in [0.25, 0.3) is 0 Å². The molecule has 14 heavy (non-hydrogen) atoms. The van der Waals surface area contributed by atoms with Gasteiger partial charge in [0.2, 0.25) is 5.56 Å². The molecule has 0 saturated carbocycles. The van der Waals surface area contributed by atoms with Gasteiger partial charge in [0.15, 0.2) is 0 Å². The van der Waals surface area contributed by atoms with Crippen molar-refractivity contribution in [3.63, 3.8) is 0 Å². The first-order chi connectivity index (χ1) is 6.79. The zero-order valence-electron chi connectivity index (χ0n) is 7.03. The standard InChI is InChI=1S/C8H6ClN3OS/c9-4-7-11-12-8(14-7)5-1-2-10-6(13)3-5/h1-3H,4H2,(H,10,13). The number of aromatic nitrogens is 3. The summed E-state index contributed by atoms with van der Waals surface area (Å²) in [4.78, 5) is 13.6. The molecule has 0 unspecified atom stereocenters. The van der Waals surface area contributed by atoms with Gasteiger partial charge in [-0.05, 0) is 6.07 Å². The minimum atomic E-state index is -0.148. The van der Waals surface area contributed by atoms with Gasteiger partial charge in [0.05, 0.1) is 5.88 Å². The normalized spacial score (nSPS) is 10.4. The Morgan fingerprint density at radius 3 is 3.00 bits per heavy atom. The van der Waals surface area contributed by atoms with Crippen molar-refractivity contribution in [2.24, 2.45) is 0 Å². The number of halogens is 1. The first kappa shape index (κ1) is 9.36. The Bertz CT molecular complexity index is 493. The van der Waals surface area contributed by atoms with Crippen LogP contribution in [0.1, 0.15) is 5.01 Å². The lowest BCUT2D eigenvalue weighted by Crippen LogP contribution is -2.01. The molecule has 1 N–H and O–H groups in total. The molecule has 2 rings (SSSR count). The lowest BCUT2D eigenvalue weighted by Gasteiger charge is -1.91. The van der Waals surface area contributed by atoms with Crippen LogP contribution in [0.3, 0.4) is 0 Å². The van der Waals surface area contributed by atoms with E-state index in [0.717, 1.165) is 10.6 Å². The van der Waals surface area contributed by atoms with Crippen LogP contribution >= 0.6 is 22.9 Å². The monoisotopic (exact) mass is 227 g/mol. The lowest BCUT2D eigenvalue weighted by atomic mass is 10.3. The quantitative estimate of drug-likeness (QED) is 0.794. The fourth-order valence-corrected chi connectivity index (χ4v) is 1.90. The van der Waals surface area contributed by atoms with Crippen LogP contribution in [0.15, 0.2) is 23.1 Å². The predicted molar refractivity (Wildman–Crippen MR) is 55.5 cm³/mol. The third-order valence-electron chi connectivity index (χ3n) is 1.60. The molecule has 2 aromatic rings. The van der Waals surface area contributed by atoms with Gasteiger partial charge in [-0.2, -0.15) is 0 Å². The Labute approximate surface area is 88.6 Å². The smallest absolute Gasteiger partial charge is 0.248 e. The molecule has 0 atom stereocenters. The van der Waals surface area contributed by atoms with E-state index in [1.54, 1.807) is 12.3 Å². The van der Waals surface area contributed by atoms with Crippen molar-refractivity contribution < 1.29 is 0 Å². The fraction of sp³-hybridized carbons (Fsp3) is 0.125. The molecule has 72 valence electrons. The Morgan fingerprint density at radius 2 is 2.36 bits per heavy atom. The maximum Gasteiger partial charge on any atom is 0.248 e. The zero-order valence-corrected chi connectivity index (χ0v) is 8.60. The Balaban J connectivity index is 2.44. The summed E-state index contributed by atoms with van der Waals surface area (Å²) in [6, 6.07) is 3.26. The van der Waals surface area contributed by atoms with Gasteiger partial charge < -0.3 is 4.98 Å². The minimum absolute atomic E-state index is 0.148. The van der Waals surface area contributed by atoms with Crippen LogP contribution < -0.4 is 5.56 Å². The molecule has 0 saturated heterocycles. The van der Waals surface area contributed by atoms with Gasteiger partial charge in [0, 0.05) is 17.8 Å². The molecule has 2 heterocycles. The molecule has 0 spiro atoms. The van der Waals surface area contributed by atoms with E-state index in [0.29, 0.717) is 10.9 Å². The number of H-pyrrole nitrogens is 1. The van der Waals surface area contributed by atoms with Crippen LogP contribution in [-0.4, -0.2) is 15.2 Å². The van der Waals surface area contributed by atoms with Crippen molar-refractivity contribution in [1.82, 2.24) is 15.2 Å². The van der Waals surface area contributed by atoms with Crippen LogP contribution in [0.5, 0.6) is 0 Å². The summed E-state index contributed by atoms with van der Waals surface area (Å²) < 4.78 is 0. The molecule has 4 nitrogen and oxygen atoms in total. The van der Waals surface area contributed by atoms with E-state index in [-0.39, 0.29) is 5.56 Å². The second-order valence-corrected chi connectivity index (χ2v) is 3.91. The van der Waals surface area contributed by atoms with E-state index < -0.39 is 0 Å². The lowest BCUT2D eigenvalue weighted by molar-refractivity contribution is 1.04. The number of hydrogen-bond acceptors (Lipinski definition) is 4. The number of nitrogens with zero attached hydrogens (tertiary/aromatic N) is 2. The second-order valence-electron chi connectivity index (χ2n) is 2.58. The topological polar surface area (TPSA) is 58.6 Å². The molecule has 0 aliphatic carbocycles. The molecule has 6 heteroatoms. The number of aromatic amines is 1. The minimum Gasteiger partial charge on any atom is -0.329 e. The summed E-state index contributed by atoms with van der Waals surface area (Å²) in [6.45, 7) is 0. The second kappa shape index (κ2) is 3.89. The third kappa shape index (κ3) is 1.83. The Kier molecular flexibility index (Phi) is 2.60. The van der Waals surface area contributed by atoms with Gasteiger partial charge in [-0.3, -0.25) is 4.79 Å². The maximum atomic E-state index is 11.0. The van der Waals surface area contributed by atoms with Crippen LogP contribution in [0.2, 0.25) is 0 Å². The zero-order chi connectivity index (χ0) is 9.97. The molecule has 0 radical (unpaired) electrons. The van der Waals surface area contributed by atoms with Crippen molar-refractivity contribution in [2.45, 2.75) is 5.88 Å². The maximum absolute atomic E-state index is 11.0. The molecule has 2 aromatic heterocycles. The molecular formula is C8H6ClN3OS. The third-order valence-corrected chi connectivity index (χ3v) is 2.99. The summed E-state index contributed by atoms with van der Waals surface area (Å²) in [7, 11) is 0. The highest BCUT2D eigenvalue weighted by molar-refractivity contribution is 7.14. The summed E-state index contributed by atoms with van der Waals surface area (Å²) in [5.41, 5.74) is 0.618. The predicted octanol–water partition coefficient (Wildman–Crippen LogP) is 1.63. The number of pyridine rings is 1. The summed E-state index contributed by atoms with van der Waals surface area (Å²) in [5.74, 6) is 0.348. The van der Waals surface area contributed by atoms with Gasteiger partial charge in [-0.25, -0.2) is 0 Å². The molecule has 0 amide bonds. The molecular weight excluding hydrogens is 222 g/mol. The van der Waals surface area contributed by atoms with Crippen molar-refractivity contribution in [3.8, 4) is 10.6 Å². The van der Waals surface area contributed by atoms with E-state index in [1.807, 2.05) is 0 Å². The van der Waals surface area contributed by atoms with Crippen LogP contribution in [0.4, 0.5) is 0 Å². The average Bonchev–Trinajstić information content (AvgIpc) is 2.66. The summed E-state index contributed by atoms with van der Waals surface area (Å²) in [6.07, 6.45) is 1.58. The number of alkyl halides is 1. The highest BCUT2D eigenvalue weighted by atomic mass is 35.5. The van der Waals surface area contributed by atoms with Gasteiger partial charge >= 0.3 is 0 Å². The number of nitrogens with one attached hydrogen (secondary N) is 1. The Hall–Kier alpha value is -1.20. The van der Waals surface area contributed by atoms with E-state index in [2.05, 4.69) is 15.2 Å². The molecule has 0 fully saturated rings. The first-order valence-corrected chi connectivity index (χ1v) is 5.22. The Morgan fingerprint density at radius 1 is 1.50 bits per heavy atom.